The Bertz CT molecular complexity index is 703. The number of hydrogen-bond donors (Lipinski definition) is 3. The smallest absolute Gasteiger partial charge is 0.416 e. The Labute approximate surface area is 142 Å². The molecule has 0 unspecified atom stereocenters. The van der Waals surface area contributed by atoms with Gasteiger partial charge >= 0.3 is 6.18 Å². The predicted octanol–water partition coefficient (Wildman–Crippen LogP) is 3.42. The lowest BCUT2D eigenvalue weighted by Gasteiger charge is -2.18. The van der Waals surface area contributed by atoms with Crippen LogP contribution in [-0.2, 0) is 11.0 Å². The highest BCUT2D eigenvalue weighted by Crippen LogP contribution is 2.30. The topological polar surface area (TPSA) is 87.1 Å². The van der Waals surface area contributed by atoms with Crippen molar-refractivity contribution in [2.24, 2.45) is 0 Å². The molecule has 0 radical (unpaired) electrons. The third-order valence-electron chi connectivity index (χ3n) is 3.40. The van der Waals surface area contributed by atoms with Crippen molar-refractivity contribution in [1.29, 1.82) is 0 Å². The second-order valence-electron chi connectivity index (χ2n) is 5.34. The van der Waals surface area contributed by atoms with E-state index >= 15 is 0 Å². The van der Waals surface area contributed by atoms with Crippen LogP contribution in [0.25, 0.3) is 0 Å². The highest BCUT2D eigenvalue weighted by atomic mass is 19.4. The van der Waals surface area contributed by atoms with Gasteiger partial charge in [0.05, 0.1) is 18.0 Å². The number of nitrogens with one attached hydrogen (secondary N) is 2. The summed E-state index contributed by atoms with van der Waals surface area (Å²) in [7, 11) is 0. The molecule has 0 saturated heterocycles. The maximum atomic E-state index is 12.6. The fourth-order valence-corrected chi connectivity index (χ4v) is 2.07. The van der Waals surface area contributed by atoms with Crippen LogP contribution in [0.3, 0.4) is 0 Å². The normalized spacial score (nSPS) is 12.5. The van der Waals surface area contributed by atoms with Crippen molar-refractivity contribution in [3.63, 3.8) is 0 Å². The number of halogens is 3. The van der Waals surface area contributed by atoms with E-state index in [4.69, 9.17) is 5.11 Å². The number of benzene rings is 1. The molecule has 134 valence electrons. The average molecular weight is 354 g/mol. The third kappa shape index (κ3) is 5.63. The summed E-state index contributed by atoms with van der Waals surface area (Å²) >= 11 is 0. The van der Waals surface area contributed by atoms with Gasteiger partial charge in [-0.2, -0.15) is 13.2 Å². The molecule has 9 heteroatoms. The number of alkyl halides is 3. The molecule has 1 atom stereocenters. The zero-order valence-corrected chi connectivity index (χ0v) is 13.3. The van der Waals surface area contributed by atoms with Gasteiger partial charge in [-0.25, -0.2) is 9.97 Å². The molecule has 0 fully saturated rings. The maximum Gasteiger partial charge on any atom is 0.416 e. The van der Waals surface area contributed by atoms with Gasteiger partial charge < -0.3 is 10.4 Å². The van der Waals surface area contributed by atoms with Crippen molar-refractivity contribution >= 4 is 17.5 Å². The summed E-state index contributed by atoms with van der Waals surface area (Å²) in [6, 6.07) is 4.35. The minimum absolute atomic E-state index is 0.0622. The number of aromatic hydroxyl groups is 1. The molecule has 2 rings (SSSR count). The van der Waals surface area contributed by atoms with E-state index in [0.717, 1.165) is 24.5 Å². The van der Waals surface area contributed by atoms with Crippen molar-refractivity contribution in [2.75, 3.05) is 10.6 Å². The van der Waals surface area contributed by atoms with Gasteiger partial charge in [-0.1, -0.05) is 6.92 Å². The van der Waals surface area contributed by atoms with Gasteiger partial charge in [0.2, 0.25) is 11.9 Å². The number of anilines is 2. The Balaban J connectivity index is 1.93. The summed E-state index contributed by atoms with van der Waals surface area (Å²) in [6.07, 6.45) is -1.40. The Kier molecular flexibility index (Phi) is 5.79. The number of carbonyl (C=O) groups is 1. The Morgan fingerprint density at radius 1 is 1.20 bits per heavy atom. The number of rotatable bonds is 6. The second-order valence-corrected chi connectivity index (χ2v) is 5.34. The van der Waals surface area contributed by atoms with Crippen molar-refractivity contribution in [1.82, 2.24) is 9.97 Å². The highest BCUT2D eigenvalue weighted by Gasteiger charge is 2.30. The lowest BCUT2D eigenvalue weighted by molar-refractivity contribution is -0.137. The standard InChI is InChI=1S/C16H17F3N4O2/c1-2-11(7-14(25)23-15-20-8-13(24)9-21-15)22-12-5-3-10(4-6-12)16(17,18)19/h3-6,8-9,11,22,24H,2,7H2,1H3,(H,20,21,23,25)/t11-/m1/s1. The summed E-state index contributed by atoms with van der Waals surface area (Å²) in [5, 5.41) is 14.6. The van der Waals surface area contributed by atoms with Gasteiger partial charge in [0.15, 0.2) is 5.75 Å². The zero-order valence-electron chi connectivity index (χ0n) is 13.3. The molecule has 0 aliphatic heterocycles. The summed E-state index contributed by atoms with van der Waals surface area (Å²) in [6.45, 7) is 1.85. The molecule has 0 spiro atoms. The van der Waals surface area contributed by atoms with Gasteiger partial charge in [0.1, 0.15) is 0 Å². The Hall–Kier alpha value is -2.84. The minimum atomic E-state index is -4.38. The molecular formula is C16H17F3N4O2. The summed E-state index contributed by atoms with van der Waals surface area (Å²) in [4.78, 5) is 19.5. The molecule has 1 heterocycles. The summed E-state index contributed by atoms with van der Waals surface area (Å²) in [5.74, 6) is -0.405. The largest absolute Gasteiger partial charge is 0.505 e. The number of carbonyl (C=O) groups excluding carboxylic acids is 1. The Morgan fingerprint density at radius 2 is 1.80 bits per heavy atom. The van der Waals surface area contributed by atoms with Crippen molar-refractivity contribution in [3.05, 3.63) is 42.2 Å². The lowest BCUT2D eigenvalue weighted by atomic mass is 10.1. The molecular weight excluding hydrogens is 337 g/mol. The molecule has 3 N–H and O–H groups in total. The van der Waals surface area contributed by atoms with Crippen molar-refractivity contribution < 1.29 is 23.1 Å². The van der Waals surface area contributed by atoms with E-state index in [1.165, 1.54) is 12.1 Å². The molecule has 2 aromatic rings. The molecule has 1 aromatic carbocycles. The third-order valence-corrected chi connectivity index (χ3v) is 3.40. The van der Waals surface area contributed by atoms with Crippen LogP contribution in [0.2, 0.25) is 0 Å². The first-order valence-corrected chi connectivity index (χ1v) is 7.52. The molecule has 0 bridgehead atoms. The molecule has 25 heavy (non-hydrogen) atoms. The number of amides is 1. The quantitative estimate of drug-likeness (QED) is 0.740. The first-order valence-electron chi connectivity index (χ1n) is 7.52. The molecule has 0 aliphatic carbocycles. The number of aromatic nitrogens is 2. The first kappa shape index (κ1) is 18.5. The van der Waals surface area contributed by atoms with Gasteiger partial charge in [-0.15, -0.1) is 0 Å². The fraction of sp³-hybridized carbons (Fsp3) is 0.312. The first-order chi connectivity index (χ1) is 11.8. The summed E-state index contributed by atoms with van der Waals surface area (Å²) < 4.78 is 37.7. The van der Waals surface area contributed by atoms with Crippen LogP contribution in [0.15, 0.2) is 36.7 Å². The summed E-state index contributed by atoms with van der Waals surface area (Å²) in [5.41, 5.74) is -0.234. The molecule has 6 nitrogen and oxygen atoms in total. The van der Waals surface area contributed by atoms with Gasteiger partial charge in [0, 0.05) is 18.2 Å². The van der Waals surface area contributed by atoms with Crippen LogP contribution >= 0.6 is 0 Å². The lowest BCUT2D eigenvalue weighted by Crippen LogP contribution is -2.26. The van der Waals surface area contributed by atoms with Crippen LogP contribution in [0, 0.1) is 0 Å². The van der Waals surface area contributed by atoms with Crippen LogP contribution in [0.5, 0.6) is 5.75 Å². The maximum absolute atomic E-state index is 12.6. The van der Waals surface area contributed by atoms with E-state index in [9.17, 15) is 18.0 Å². The average Bonchev–Trinajstić information content (AvgIpc) is 2.56. The molecule has 0 saturated carbocycles. The second kappa shape index (κ2) is 7.82. The zero-order chi connectivity index (χ0) is 18.4. The van der Waals surface area contributed by atoms with Crippen LogP contribution in [0.4, 0.5) is 24.8 Å². The van der Waals surface area contributed by atoms with Gasteiger partial charge in [-0.3, -0.25) is 10.1 Å². The van der Waals surface area contributed by atoms with E-state index < -0.39 is 11.7 Å². The monoisotopic (exact) mass is 354 g/mol. The number of nitrogens with zero attached hydrogens (tertiary/aromatic N) is 2. The van der Waals surface area contributed by atoms with Crippen LogP contribution in [-0.4, -0.2) is 27.0 Å². The van der Waals surface area contributed by atoms with E-state index in [-0.39, 0.29) is 30.1 Å². The van der Waals surface area contributed by atoms with E-state index in [1.807, 2.05) is 6.92 Å². The van der Waals surface area contributed by atoms with Crippen LogP contribution in [0.1, 0.15) is 25.3 Å². The van der Waals surface area contributed by atoms with Crippen LogP contribution < -0.4 is 10.6 Å². The molecule has 0 aliphatic rings. The minimum Gasteiger partial charge on any atom is -0.505 e. The molecule has 1 amide bonds. The Morgan fingerprint density at radius 3 is 2.32 bits per heavy atom. The van der Waals surface area contributed by atoms with Gasteiger partial charge in [-0.05, 0) is 30.7 Å². The van der Waals surface area contributed by atoms with Crippen molar-refractivity contribution in [2.45, 2.75) is 32.0 Å². The number of hydrogen-bond acceptors (Lipinski definition) is 5. The van der Waals surface area contributed by atoms with Gasteiger partial charge in [0.25, 0.3) is 0 Å². The van der Waals surface area contributed by atoms with E-state index in [0.29, 0.717) is 12.1 Å². The predicted molar refractivity (Wildman–Crippen MR) is 86.1 cm³/mol. The molecule has 1 aromatic heterocycles. The van der Waals surface area contributed by atoms with E-state index in [2.05, 4.69) is 20.6 Å². The van der Waals surface area contributed by atoms with Crippen molar-refractivity contribution in [3.8, 4) is 5.75 Å². The highest BCUT2D eigenvalue weighted by molar-refractivity contribution is 5.89. The SMILES string of the molecule is CC[C@H](CC(=O)Nc1ncc(O)cn1)Nc1ccc(C(F)(F)F)cc1. The fourth-order valence-electron chi connectivity index (χ4n) is 2.07. The van der Waals surface area contributed by atoms with E-state index in [1.54, 1.807) is 0 Å².